The Balaban J connectivity index is 1.28. The molecule has 2 saturated heterocycles. The first-order valence-electron chi connectivity index (χ1n) is 9.66. The highest BCUT2D eigenvalue weighted by Gasteiger charge is 2.31. The molecule has 4 rings (SSSR count). The van der Waals surface area contributed by atoms with E-state index in [4.69, 9.17) is 0 Å². The second kappa shape index (κ2) is 7.85. The van der Waals surface area contributed by atoms with Crippen molar-refractivity contribution in [2.24, 2.45) is 5.92 Å². The van der Waals surface area contributed by atoms with Crippen molar-refractivity contribution < 1.29 is 4.79 Å². The van der Waals surface area contributed by atoms with Gasteiger partial charge in [-0.1, -0.05) is 30.3 Å². The molecule has 1 aromatic carbocycles. The highest BCUT2D eigenvalue weighted by molar-refractivity contribution is 5.79. The smallest absolute Gasteiger partial charge is 0.225 e. The molecule has 1 aromatic heterocycles. The molecule has 3 heterocycles. The van der Waals surface area contributed by atoms with Gasteiger partial charge in [0.05, 0.1) is 6.20 Å². The number of hydrogen-bond acceptors (Lipinski definition) is 4. The molecule has 0 N–H and O–H groups in total. The van der Waals surface area contributed by atoms with E-state index in [2.05, 4.69) is 50.1 Å². The number of nitrogens with zero attached hydrogens (tertiary/aromatic N) is 4. The van der Waals surface area contributed by atoms with Crippen LogP contribution in [0.15, 0.2) is 48.9 Å². The van der Waals surface area contributed by atoms with Crippen molar-refractivity contribution >= 4 is 11.7 Å². The first-order chi connectivity index (χ1) is 12.8. The fourth-order valence-corrected chi connectivity index (χ4v) is 4.23. The van der Waals surface area contributed by atoms with Crippen molar-refractivity contribution in [3.05, 3.63) is 54.5 Å². The molecule has 0 bridgehead atoms. The molecule has 0 spiro atoms. The van der Waals surface area contributed by atoms with E-state index in [0.717, 1.165) is 57.7 Å². The third-order valence-electron chi connectivity index (χ3n) is 5.80. The van der Waals surface area contributed by atoms with Crippen LogP contribution in [0.3, 0.4) is 0 Å². The molecule has 5 heteroatoms. The van der Waals surface area contributed by atoms with Crippen LogP contribution in [0, 0.1) is 5.92 Å². The van der Waals surface area contributed by atoms with Gasteiger partial charge >= 0.3 is 0 Å². The first kappa shape index (κ1) is 17.0. The summed E-state index contributed by atoms with van der Waals surface area (Å²) in [5, 5.41) is 0. The van der Waals surface area contributed by atoms with E-state index in [1.165, 1.54) is 5.56 Å². The third-order valence-corrected chi connectivity index (χ3v) is 5.80. The minimum absolute atomic E-state index is 0.163. The highest BCUT2D eigenvalue weighted by Crippen LogP contribution is 2.30. The normalized spacial score (nSPS) is 19.5. The second-order valence-electron chi connectivity index (χ2n) is 7.34. The van der Waals surface area contributed by atoms with Crippen LogP contribution in [0.4, 0.5) is 5.82 Å². The maximum atomic E-state index is 12.9. The number of carbonyl (C=O) groups is 1. The molecule has 2 aliphatic rings. The van der Waals surface area contributed by atoms with E-state index in [1.807, 2.05) is 0 Å². The molecule has 2 fully saturated rings. The van der Waals surface area contributed by atoms with Gasteiger partial charge in [-0.3, -0.25) is 9.78 Å². The molecule has 1 amide bonds. The Hall–Kier alpha value is -2.43. The molecule has 0 saturated carbocycles. The number of benzene rings is 1. The van der Waals surface area contributed by atoms with Crippen molar-refractivity contribution in [3.8, 4) is 0 Å². The van der Waals surface area contributed by atoms with Crippen LogP contribution in [0.2, 0.25) is 0 Å². The average Bonchev–Trinajstić information content (AvgIpc) is 2.75. The van der Waals surface area contributed by atoms with Gasteiger partial charge in [0, 0.05) is 44.5 Å². The topological polar surface area (TPSA) is 49.3 Å². The van der Waals surface area contributed by atoms with E-state index in [1.54, 1.807) is 18.6 Å². The van der Waals surface area contributed by atoms with Crippen LogP contribution in [0.5, 0.6) is 0 Å². The molecular weight excluding hydrogens is 324 g/mol. The van der Waals surface area contributed by atoms with Gasteiger partial charge in [0.25, 0.3) is 0 Å². The van der Waals surface area contributed by atoms with Crippen LogP contribution < -0.4 is 4.90 Å². The Kier molecular flexibility index (Phi) is 5.14. The average molecular weight is 350 g/mol. The summed E-state index contributed by atoms with van der Waals surface area (Å²) in [4.78, 5) is 25.8. The standard InChI is InChI=1S/C21H26N4O/c26-21(19-8-12-24(13-9-19)20-16-22-10-11-23-20)25-14-6-18(7-15-25)17-4-2-1-3-5-17/h1-5,10-11,16,18-19H,6-9,12-15H2. The van der Waals surface area contributed by atoms with E-state index in [0.29, 0.717) is 11.8 Å². The Labute approximate surface area is 155 Å². The Morgan fingerprint density at radius 1 is 0.923 bits per heavy atom. The molecule has 0 radical (unpaired) electrons. The molecular formula is C21H26N4O. The lowest BCUT2D eigenvalue weighted by Crippen LogP contribution is -2.45. The fraction of sp³-hybridized carbons (Fsp3) is 0.476. The summed E-state index contributed by atoms with van der Waals surface area (Å²) in [7, 11) is 0. The lowest BCUT2D eigenvalue weighted by atomic mass is 9.88. The molecule has 0 unspecified atom stereocenters. The molecule has 5 nitrogen and oxygen atoms in total. The quantitative estimate of drug-likeness (QED) is 0.853. The second-order valence-corrected chi connectivity index (χ2v) is 7.34. The third kappa shape index (κ3) is 3.71. The number of aromatic nitrogens is 2. The largest absolute Gasteiger partial charge is 0.355 e. The summed E-state index contributed by atoms with van der Waals surface area (Å²) in [5.74, 6) is 2.03. The van der Waals surface area contributed by atoms with Crippen LogP contribution in [0.1, 0.15) is 37.2 Å². The minimum Gasteiger partial charge on any atom is -0.355 e. The molecule has 0 aliphatic carbocycles. The van der Waals surface area contributed by atoms with Gasteiger partial charge in [-0.25, -0.2) is 4.98 Å². The monoisotopic (exact) mass is 350 g/mol. The molecule has 2 aromatic rings. The molecule has 26 heavy (non-hydrogen) atoms. The number of piperidine rings is 2. The van der Waals surface area contributed by atoms with Crippen molar-refractivity contribution in [3.63, 3.8) is 0 Å². The molecule has 136 valence electrons. The van der Waals surface area contributed by atoms with Gasteiger partial charge < -0.3 is 9.80 Å². The van der Waals surface area contributed by atoms with Gasteiger partial charge in [-0.05, 0) is 37.2 Å². The summed E-state index contributed by atoms with van der Waals surface area (Å²) in [6.45, 7) is 3.55. The van der Waals surface area contributed by atoms with Gasteiger partial charge in [0.2, 0.25) is 5.91 Å². The number of carbonyl (C=O) groups excluding carboxylic acids is 1. The van der Waals surface area contributed by atoms with Gasteiger partial charge in [-0.15, -0.1) is 0 Å². The maximum absolute atomic E-state index is 12.9. The number of anilines is 1. The summed E-state index contributed by atoms with van der Waals surface area (Å²) >= 11 is 0. The zero-order valence-corrected chi connectivity index (χ0v) is 15.1. The number of hydrogen-bond donors (Lipinski definition) is 0. The molecule has 0 atom stereocenters. The summed E-state index contributed by atoms with van der Waals surface area (Å²) in [5.41, 5.74) is 1.41. The maximum Gasteiger partial charge on any atom is 0.225 e. The zero-order valence-electron chi connectivity index (χ0n) is 15.1. The lowest BCUT2D eigenvalue weighted by molar-refractivity contribution is -0.137. The van der Waals surface area contributed by atoms with Crippen LogP contribution in [-0.2, 0) is 4.79 Å². The van der Waals surface area contributed by atoms with Gasteiger partial charge in [0.15, 0.2) is 0 Å². The molecule has 2 aliphatic heterocycles. The summed E-state index contributed by atoms with van der Waals surface area (Å²) in [6.07, 6.45) is 9.20. The minimum atomic E-state index is 0.163. The van der Waals surface area contributed by atoms with E-state index in [-0.39, 0.29) is 5.92 Å². The van der Waals surface area contributed by atoms with E-state index < -0.39 is 0 Å². The number of rotatable bonds is 3. The van der Waals surface area contributed by atoms with Gasteiger partial charge in [0.1, 0.15) is 5.82 Å². The Morgan fingerprint density at radius 3 is 2.31 bits per heavy atom. The van der Waals surface area contributed by atoms with Crippen molar-refractivity contribution in [2.75, 3.05) is 31.1 Å². The number of likely N-dealkylation sites (tertiary alicyclic amines) is 1. The van der Waals surface area contributed by atoms with Gasteiger partial charge in [-0.2, -0.15) is 0 Å². The van der Waals surface area contributed by atoms with Crippen LogP contribution in [0.25, 0.3) is 0 Å². The van der Waals surface area contributed by atoms with Crippen molar-refractivity contribution in [1.82, 2.24) is 14.9 Å². The zero-order chi connectivity index (χ0) is 17.8. The Bertz CT molecular complexity index is 644. The summed E-state index contributed by atoms with van der Waals surface area (Å²) in [6, 6.07) is 10.7. The SMILES string of the molecule is O=C(C1CCN(c2cnccn2)CC1)N1CCC(c2ccccc2)CC1. The lowest BCUT2D eigenvalue weighted by Gasteiger charge is -2.37. The van der Waals surface area contributed by atoms with E-state index >= 15 is 0 Å². The first-order valence-corrected chi connectivity index (χ1v) is 9.66. The highest BCUT2D eigenvalue weighted by atomic mass is 16.2. The van der Waals surface area contributed by atoms with Crippen molar-refractivity contribution in [2.45, 2.75) is 31.6 Å². The fourth-order valence-electron chi connectivity index (χ4n) is 4.23. The number of amides is 1. The predicted octanol–water partition coefficient (Wildman–Crippen LogP) is 3.10. The van der Waals surface area contributed by atoms with Crippen LogP contribution >= 0.6 is 0 Å². The van der Waals surface area contributed by atoms with E-state index in [9.17, 15) is 4.79 Å². The summed E-state index contributed by atoms with van der Waals surface area (Å²) < 4.78 is 0. The van der Waals surface area contributed by atoms with Crippen LogP contribution in [-0.4, -0.2) is 47.0 Å². The van der Waals surface area contributed by atoms with Crippen molar-refractivity contribution in [1.29, 1.82) is 0 Å². The Morgan fingerprint density at radius 2 is 1.65 bits per heavy atom. The predicted molar refractivity (Wildman–Crippen MR) is 102 cm³/mol.